The molecule has 27 heteroatoms. The van der Waals surface area contributed by atoms with Gasteiger partial charge in [-0.3, -0.25) is 28.2 Å². The van der Waals surface area contributed by atoms with Crippen LogP contribution >= 0.6 is 121 Å². The first-order valence-corrected chi connectivity index (χ1v) is 50.5. The molecule has 10 nitrogen and oxygen atoms in total. The Hall–Kier alpha value is -9.82. The molecule has 0 spiro atoms. The fourth-order valence-electron chi connectivity index (χ4n) is 17.9. The standard InChI is InChI=1S/C27H22BrClF2N2S.C27H23ClF2N2S.C26H22Cl2FN3S.C26H22ClF2N3S/c1-16-14-17(8-13-23(16)29)20-4-2-7-25-26(20)33(19-11-9-18(30)10-12-19)27(32-25)34-15-21-22(28)5-3-6-24(21)31;1-17-15-18(9-14-23(17)28)22-6-4-8-25-26(22)32(21-12-10-20(29)11-13-21)27(31-25)33-16-19-5-2-3-7-24(19)30;1-16-14-17(7-12-21(16)27)20-4-2-6-23-25(20)32(19-10-8-18(29)9-11-19)26(31-23)33-15-24-22(28)5-3-13-30-24;1-16-14-17(7-12-21(16)27)20-4-2-6-23-25(20)32(19-10-8-18(28)9-11-19)26(31-23)33-15-24-22(29)5-3-13-30-24/h3,5-6,8-14,20H,2,4,7,15H2,1H3;2-3,5,7,9-15,22H,4,6,8,16H2,1H3;2*3,5,7-14,20H,2,4,6,15H2,1H3. The van der Waals surface area contributed by atoms with Crippen molar-refractivity contribution in [3.05, 3.63) is 432 Å². The van der Waals surface area contributed by atoms with Crippen molar-refractivity contribution in [2.45, 2.75) is 172 Å². The van der Waals surface area contributed by atoms with Crippen LogP contribution in [0.25, 0.3) is 22.7 Å². The summed E-state index contributed by atoms with van der Waals surface area (Å²) in [4.78, 5) is 28.6. The Bertz CT molecular complexity index is 6400. The number of nitrogens with zero attached hydrogens (tertiary/aromatic N) is 10. The lowest BCUT2D eigenvalue weighted by atomic mass is 9.83. The molecule has 4 aliphatic rings. The predicted molar refractivity (Wildman–Crippen MR) is 530 cm³/mol. The van der Waals surface area contributed by atoms with Gasteiger partial charge in [-0.25, -0.2) is 50.7 Å². The number of aromatic nitrogens is 10. The molecule has 20 rings (SSSR count). The molecule has 10 aromatic carbocycles. The summed E-state index contributed by atoms with van der Waals surface area (Å²) >= 11 is 41.0. The summed E-state index contributed by atoms with van der Waals surface area (Å²) in [6.45, 7) is 8.07. The molecule has 6 heterocycles. The summed E-state index contributed by atoms with van der Waals surface area (Å²) < 4.78 is 107. The SMILES string of the molecule is Cc1cc(C2CCCc3nc(SCc4c(F)cccc4Br)n(-c4ccc(F)cc4)c32)ccc1Cl.Cc1cc(C2CCCc3nc(SCc4ccccc4F)n(-c4ccc(F)cc4)c32)ccc1Cl.Cc1cc(C2CCCc3nc(SCc4ncccc4Cl)n(-c4ccc(F)cc4)c32)ccc1Cl.Cc1cc(C2CCCc3nc(SCc4ncccc4F)n(-c4ccc(F)cc4)c32)ccc1Cl. The van der Waals surface area contributed by atoms with E-state index in [1.54, 1.807) is 84.8 Å². The van der Waals surface area contributed by atoms with Crippen molar-refractivity contribution in [2.75, 3.05) is 0 Å². The zero-order chi connectivity index (χ0) is 92.7. The predicted octanol–water partition coefficient (Wildman–Crippen LogP) is 31.6. The van der Waals surface area contributed by atoms with E-state index in [2.05, 4.69) is 92.7 Å². The minimum absolute atomic E-state index is 0.142. The highest BCUT2D eigenvalue weighted by molar-refractivity contribution is 9.10. The number of rotatable bonds is 20. The van der Waals surface area contributed by atoms with Gasteiger partial charge in [0.15, 0.2) is 20.6 Å². The van der Waals surface area contributed by atoms with Gasteiger partial charge in [0, 0.05) is 112 Å². The number of halogens is 13. The Morgan fingerprint density at radius 3 is 0.955 bits per heavy atom. The fourth-order valence-corrected chi connectivity index (χ4v) is 23.4. The van der Waals surface area contributed by atoms with Crippen LogP contribution in [0.4, 0.5) is 30.7 Å². The summed E-state index contributed by atoms with van der Waals surface area (Å²) in [5.41, 5.74) is 23.7. The molecule has 0 aliphatic heterocycles. The maximum absolute atomic E-state index is 14.5. The van der Waals surface area contributed by atoms with Crippen LogP contribution in [-0.4, -0.2) is 48.2 Å². The molecule has 0 radical (unpaired) electrons. The number of benzene rings is 10. The lowest BCUT2D eigenvalue weighted by molar-refractivity contribution is 0.586. The van der Waals surface area contributed by atoms with E-state index >= 15 is 0 Å². The van der Waals surface area contributed by atoms with Crippen LogP contribution in [0.15, 0.2) is 274 Å². The van der Waals surface area contributed by atoms with Gasteiger partial charge in [0.2, 0.25) is 0 Å². The molecular weight excluding hydrogens is 1930 g/mol. The lowest BCUT2D eigenvalue weighted by Gasteiger charge is -2.25. The van der Waals surface area contributed by atoms with Crippen LogP contribution in [0.5, 0.6) is 0 Å². The van der Waals surface area contributed by atoms with Crippen LogP contribution in [-0.2, 0) is 48.7 Å². The van der Waals surface area contributed by atoms with Gasteiger partial charge in [-0.15, -0.1) is 0 Å². The molecule has 678 valence electrons. The fraction of sp³-hybridized carbons (Fsp3) is 0.226. The largest absolute Gasteiger partial charge is 0.291 e. The van der Waals surface area contributed by atoms with Crippen molar-refractivity contribution in [3.63, 3.8) is 0 Å². The van der Waals surface area contributed by atoms with Crippen LogP contribution in [0.3, 0.4) is 0 Å². The molecule has 4 unspecified atom stereocenters. The first kappa shape index (κ1) is 94.9. The van der Waals surface area contributed by atoms with Gasteiger partial charge in [-0.1, -0.05) is 194 Å². The van der Waals surface area contributed by atoms with Gasteiger partial charge < -0.3 is 0 Å². The third kappa shape index (κ3) is 21.7. The molecule has 0 bridgehead atoms. The van der Waals surface area contributed by atoms with E-state index in [1.807, 2.05) is 88.4 Å². The van der Waals surface area contributed by atoms with E-state index in [-0.39, 0.29) is 64.4 Å². The minimum Gasteiger partial charge on any atom is -0.291 e. The summed E-state index contributed by atoms with van der Waals surface area (Å²) in [6.07, 6.45) is 15.1. The molecule has 133 heavy (non-hydrogen) atoms. The molecule has 16 aromatic rings. The molecule has 6 aromatic heterocycles. The summed E-state index contributed by atoms with van der Waals surface area (Å²) in [7, 11) is 0. The molecule has 4 aliphatic carbocycles. The second-order valence-corrected chi connectivity index (χ2v) is 39.9. The third-order valence-electron chi connectivity index (χ3n) is 24.5. The summed E-state index contributed by atoms with van der Waals surface area (Å²) in [5.74, 6) is 0.573. The molecule has 4 atom stereocenters. The van der Waals surface area contributed by atoms with E-state index in [0.29, 0.717) is 44.9 Å². The van der Waals surface area contributed by atoms with E-state index in [4.69, 9.17) is 77.9 Å². The van der Waals surface area contributed by atoms with Crippen molar-refractivity contribution in [1.82, 2.24) is 48.2 Å². The van der Waals surface area contributed by atoms with Gasteiger partial charge >= 0.3 is 0 Å². The number of hydrogen-bond acceptors (Lipinski definition) is 10. The summed E-state index contributed by atoms with van der Waals surface area (Å²) in [5, 5.41) is 6.86. The number of imidazole rings is 4. The first-order valence-electron chi connectivity index (χ1n) is 43.9. The van der Waals surface area contributed by atoms with E-state index in [1.165, 1.54) is 130 Å². The molecular formula is C106H89BrCl5F7N10S4. The first-order chi connectivity index (χ1) is 64.4. The van der Waals surface area contributed by atoms with Crippen molar-refractivity contribution in [1.29, 1.82) is 0 Å². The maximum atomic E-state index is 14.5. The number of pyridine rings is 2. The Morgan fingerprint density at radius 2 is 0.624 bits per heavy atom. The van der Waals surface area contributed by atoms with Gasteiger partial charge in [0.1, 0.15) is 40.7 Å². The zero-order valence-corrected chi connectivity index (χ0v) is 81.4. The highest BCUT2D eigenvalue weighted by Gasteiger charge is 2.36. The van der Waals surface area contributed by atoms with E-state index < -0.39 is 0 Å². The van der Waals surface area contributed by atoms with E-state index in [9.17, 15) is 30.7 Å². The zero-order valence-electron chi connectivity index (χ0n) is 72.8. The Balaban J connectivity index is 0.000000124. The van der Waals surface area contributed by atoms with Crippen LogP contribution in [0.2, 0.25) is 25.1 Å². The normalized spacial score (nSPS) is 15.4. The van der Waals surface area contributed by atoms with Crippen molar-refractivity contribution < 1.29 is 30.7 Å². The van der Waals surface area contributed by atoms with Crippen molar-refractivity contribution >= 4 is 121 Å². The van der Waals surface area contributed by atoms with Gasteiger partial charge in [0.05, 0.1) is 62.0 Å². The topological polar surface area (TPSA) is 97.1 Å². The Labute approximate surface area is 819 Å². The lowest BCUT2D eigenvalue weighted by Crippen LogP contribution is -2.15. The van der Waals surface area contributed by atoms with E-state index in [0.717, 1.165) is 213 Å². The van der Waals surface area contributed by atoms with Gasteiger partial charge in [-0.2, -0.15) is 0 Å². The highest BCUT2D eigenvalue weighted by Crippen LogP contribution is 2.48. The van der Waals surface area contributed by atoms with Crippen LogP contribution in [0.1, 0.15) is 188 Å². The Kier molecular flexibility index (Phi) is 30.7. The average molecular weight is 2020 g/mol. The van der Waals surface area contributed by atoms with Crippen molar-refractivity contribution in [2.24, 2.45) is 0 Å². The molecule has 0 fully saturated rings. The quantitative estimate of drug-likeness (QED) is 0.0542. The third-order valence-corrected chi connectivity index (χ3v) is 31.2. The highest BCUT2D eigenvalue weighted by atomic mass is 79.9. The monoisotopic (exact) mass is 2020 g/mol. The number of thioether (sulfide) groups is 4. The second kappa shape index (κ2) is 43.0. The van der Waals surface area contributed by atoms with Gasteiger partial charge in [0.25, 0.3) is 0 Å². The van der Waals surface area contributed by atoms with Crippen molar-refractivity contribution in [3.8, 4) is 22.7 Å². The minimum atomic E-state index is -0.329. The Morgan fingerprint density at radius 1 is 0.316 bits per heavy atom. The van der Waals surface area contributed by atoms with Crippen LogP contribution < -0.4 is 0 Å². The number of aryl methyl sites for hydroxylation is 8. The molecule has 0 saturated carbocycles. The number of fused-ring (bicyclic) bond motifs is 4. The molecule has 0 saturated heterocycles. The molecule has 0 N–H and O–H groups in total. The molecule has 0 amide bonds. The average Bonchev–Trinajstić information content (AvgIpc) is 1.21. The second-order valence-electron chi connectivity index (χ2n) is 33.3. The van der Waals surface area contributed by atoms with Gasteiger partial charge in [-0.05, 0) is 319 Å². The smallest absolute Gasteiger partial charge is 0.173 e. The summed E-state index contributed by atoms with van der Waals surface area (Å²) in [6, 6.07) is 69.3. The maximum Gasteiger partial charge on any atom is 0.173 e. The number of hydrogen-bond donors (Lipinski definition) is 0. The van der Waals surface area contributed by atoms with Crippen LogP contribution in [0, 0.1) is 68.4 Å².